The molecule has 11 heteroatoms. The van der Waals surface area contributed by atoms with Crippen LogP contribution in [0.1, 0.15) is 46.0 Å². The fraction of sp³-hybridized carbons (Fsp3) is 0.286. The summed E-state index contributed by atoms with van der Waals surface area (Å²) in [6, 6.07) is 24.7. The van der Waals surface area contributed by atoms with E-state index in [0.29, 0.717) is 17.6 Å². The molecule has 0 aliphatic carbocycles. The van der Waals surface area contributed by atoms with E-state index in [4.69, 9.17) is 9.47 Å². The van der Waals surface area contributed by atoms with E-state index in [9.17, 15) is 9.90 Å². The number of fused-ring (bicyclic) bond motifs is 1. The zero-order chi connectivity index (χ0) is 31.3. The van der Waals surface area contributed by atoms with Crippen molar-refractivity contribution in [3.05, 3.63) is 120 Å². The summed E-state index contributed by atoms with van der Waals surface area (Å²) in [5, 5.41) is 12.4. The SMILES string of the molecule is O=C(Nc1ccc([C@H]2O[C@@H](CN3CCN(c4ncccn4)CC3)C[C@@H](c3ccc(CO)cc3)O2)cc1)c1cnc2ccccc2n1. The van der Waals surface area contributed by atoms with Gasteiger partial charge in [-0.2, -0.15) is 0 Å². The van der Waals surface area contributed by atoms with Gasteiger partial charge in [0.1, 0.15) is 5.69 Å². The van der Waals surface area contributed by atoms with Crippen molar-refractivity contribution in [2.45, 2.75) is 31.5 Å². The average molecular weight is 618 g/mol. The molecule has 0 radical (unpaired) electrons. The maximum absolute atomic E-state index is 12.9. The van der Waals surface area contributed by atoms with Crippen molar-refractivity contribution in [3.63, 3.8) is 0 Å². The number of hydrogen-bond acceptors (Lipinski definition) is 10. The first-order valence-corrected chi connectivity index (χ1v) is 15.5. The second-order valence-corrected chi connectivity index (χ2v) is 11.5. The number of nitrogens with one attached hydrogen (secondary N) is 1. The zero-order valence-electron chi connectivity index (χ0n) is 25.3. The van der Waals surface area contributed by atoms with Gasteiger partial charge in [0.2, 0.25) is 5.95 Å². The zero-order valence-corrected chi connectivity index (χ0v) is 25.3. The number of piperazine rings is 1. The average Bonchev–Trinajstić information content (AvgIpc) is 3.12. The number of ether oxygens (including phenoxy) is 2. The Balaban J connectivity index is 1.03. The Morgan fingerprint density at radius 2 is 1.54 bits per heavy atom. The van der Waals surface area contributed by atoms with E-state index < -0.39 is 6.29 Å². The Bertz CT molecular complexity index is 1760. The molecule has 5 aromatic rings. The Morgan fingerprint density at radius 3 is 2.28 bits per heavy atom. The smallest absolute Gasteiger partial charge is 0.275 e. The molecule has 2 saturated heterocycles. The first-order chi connectivity index (χ1) is 22.6. The minimum atomic E-state index is -0.587. The minimum absolute atomic E-state index is 0.00348. The molecule has 234 valence electrons. The number of benzene rings is 3. The number of carbonyl (C=O) groups excluding carboxylic acids is 1. The molecule has 0 saturated carbocycles. The van der Waals surface area contributed by atoms with Crippen LogP contribution in [0, 0.1) is 0 Å². The molecule has 1 amide bonds. The lowest BCUT2D eigenvalue weighted by molar-refractivity contribution is -0.253. The van der Waals surface area contributed by atoms with Gasteiger partial charge in [-0.15, -0.1) is 0 Å². The molecule has 2 N–H and O–H groups in total. The maximum atomic E-state index is 12.9. The number of amides is 1. The molecule has 3 aromatic carbocycles. The molecule has 0 spiro atoms. The lowest BCUT2D eigenvalue weighted by atomic mass is 9.99. The molecule has 2 fully saturated rings. The van der Waals surface area contributed by atoms with Crippen molar-refractivity contribution in [2.24, 2.45) is 0 Å². The third-order valence-corrected chi connectivity index (χ3v) is 8.41. The molecule has 2 aromatic heterocycles. The lowest BCUT2D eigenvalue weighted by Gasteiger charge is -2.40. The van der Waals surface area contributed by atoms with Crippen LogP contribution in [0.2, 0.25) is 0 Å². The highest BCUT2D eigenvalue weighted by Gasteiger charge is 2.34. The van der Waals surface area contributed by atoms with Crippen LogP contribution in [-0.2, 0) is 16.1 Å². The summed E-state index contributed by atoms with van der Waals surface area (Å²) in [4.78, 5) is 35.2. The molecule has 2 aliphatic heterocycles. The Morgan fingerprint density at radius 1 is 0.826 bits per heavy atom. The number of aliphatic hydroxyl groups is 1. The van der Waals surface area contributed by atoms with Crippen LogP contribution in [0.25, 0.3) is 11.0 Å². The summed E-state index contributed by atoms with van der Waals surface area (Å²) in [7, 11) is 0. The highest BCUT2D eigenvalue weighted by molar-refractivity contribution is 6.03. The maximum Gasteiger partial charge on any atom is 0.275 e. The molecule has 3 atom stereocenters. The number of rotatable bonds is 8. The summed E-state index contributed by atoms with van der Waals surface area (Å²) >= 11 is 0. The highest BCUT2D eigenvalue weighted by Crippen LogP contribution is 2.38. The Hall–Kier alpha value is -4.81. The fourth-order valence-corrected chi connectivity index (χ4v) is 5.89. The van der Waals surface area contributed by atoms with Crippen molar-refractivity contribution in [1.29, 1.82) is 0 Å². The number of hydrogen-bond donors (Lipinski definition) is 2. The summed E-state index contributed by atoms with van der Waals surface area (Å²) in [5.41, 5.74) is 5.04. The third-order valence-electron chi connectivity index (χ3n) is 8.41. The molecule has 2 aliphatic rings. The molecule has 4 heterocycles. The molecule has 0 bridgehead atoms. The number of carbonyl (C=O) groups is 1. The number of aliphatic hydroxyl groups excluding tert-OH is 1. The van der Waals surface area contributed by atoms with Crippen LogP contribution >= 0.6 is 0 Å². The fourth-order valence-electron chi connectivity index (χ4n) is 5.89. The first-order valence-electron chi connectivity index (χ1n) is 15.5. The van der Waals surface area contributed by atoms with E-state index in [2.05, 4.69) is 35.1 Å². The van der Waals surface area contributed by atoms with Gasteiger partial charge < -0.3 is 24.8 Å². The van der Waals surface area contributed by atoms with Gasteiger partial charge in [-0.05, 0) is 41.5 Å². The summed E-state index contributed by atoms with van der Waals surface area (Å²) in [6.45, 7) is 4.23. The first kappa shape index (κ1) is 29.9. The lowest BCUT2D eigenvalue weighted by Crippen LogP contribution is -2.50. The van der Waals surface area contributed by atoms with Gasteiger partial charge in [-0.25, -0.2) is 15.0 Å². The molecule has 0 unspecified atom stereocenters. The molecule has 11 nitrogen and oxygen atoms in total. The van der Waals surface area contributed by atoms with Gasteiger partial charge in [-0.1, -0.05) is 48.5 Å². The normalized spacial score (nSPS) is 20.5. The predicted octanol–water partition coefficient (Wildman–Crippen LogP) is 4.53. The summed E-state index contributed by atoms with van der Waals surface area (Å²) < 4.78 is 13.1. The molecule has 7 rings (SSSR count). The van der Waals surface area contributed by atoms with Crippen LogP contribution in [0.15, 0.2) is 97.5 Å². The number of anilines is 2. The van der Waals surface area contributed by atoms with E-state index in [1.54, 1.807) is 12.4 Å². The standard InChI is InChI=1S/C35H35N7O4/c43-23-24-6-8-25(9-7-24)32-20-28(22-41-16-18-42(19-17-41)35-36-14-3-15-37-35)45-34(46-32)26-10-12-27(13-11-26)39-33(44)31-21-38-29-4-1-2-5-30(29)40-31/h1-15,21,28,32,34,43H,16-20,22-23H2,(H,39,44)/t28-,32+,34+/m1/s1. The van der Waals surface area contributed by atoms with Crippen LogP contribution < -0.4 is 10.2 Å². The van der Waals surface area contributed by atoms with Crippen LogP contribution in [0.5, 0.6) is 0 Å². The molecular weight excluding hydrogens is 582 g/mol. The number of nitrogens with zero attached hydrogens (tertiary/aromatic N) is 6. The van der Waals surface area contributed by atoms with Crippen molar-refractivity contribution in [2.75, 3.05) is 42.9 Å². The van der Waals surface area contributed by atoms with Gasteiger partial charge in [0, 0.05) is 62.8 Å². The van der Waals surface area contributed by atoms with E-state index in [1.807, 2.05) is 78.9 Å². The predicted molar refractivity (Wildman–Crippen MR) is 173 cm³/mol. The van der Waals surface area contributed by atoms with Gasteiger partial charge in [-0.3, -0.25) is 14.7 Å². The van der Waals surface area contributed by atoms with Crippen molar-refractivity contribution >= 4 is 28.6 Å². The number of aromatic nitrogens is 4. The van der Waals surface area contributed by atoms with Crippen molar-refractivity contribution < 1.29 is 19.4 Å². The second-order valence-electron chi connectivity index (χ2n) is 11.5. The topological polar surface area (TPSA) is 126 Å². The second kappa shape index (κ2) is 13.7. The van der Waals surface area contributed by atoms with Gasteiger partial charge in [0.15, 0.2) is 6.29 Å². The minimum Gasteiger partial charge on any atom is -0.392 e. The van der Waals surface area contributed by atoms with Crippen LogP contribution in [0.4, 0.5) is 11.6 Å². The number of para-hydroxylation sites is 2. The monoisotopic (exact) mass is 617 g/mol. The van der Waals surface area contributed by atoms with Crippen LogP contribution in [-0.4, -0.2) is 74.7 Å². The van der Waals surface area contributed by atoms with Gasteiger partial charge in [0.05, 0.1) is 36.0 Å². The van der Waals surface area contributed by atoms with Gasteiger partial charge in [0.25, 0.3) is 5.91 Å². The quantitative estimate of drug-likeness (QED) is 0.257. The third kappa shape index (κ3) is 6.87. The van der Waals surface area contributed by atoms with Crippen molar-refractivity contribution in [3.8, 4) is 0 Å². The van der Waals surface area contributed by atoms with E-state index in [1.165, 1.54) is 6.20 Å². The Kier molecular flexibility index (Phi) is 8.88. The van der Waals surface area contributed by atoms with Crippen molar-refractivity contribution in [1.82, 2.24) is 24.8 Å². The van der Waals surface area contributed by atoms with E-state index in [0.717, 1.165) is 60.9 Å². The van der Waals surface area contributed by atoms with Gasteiger partial charge >= 0.3 is 0 Å². The highest BCUT2D eigenvalue weighted by atomic mass is 16.7. The summed E-state index contributed by atoms with van der Waals surface area (Å²) in [5.74, 6) is 0.433. The largest absolute Gasteiger partial charge is 0.392 e. The van der Waals surface area contributed by atoms with Crippen LogP contribution in [0.3, 0.4) is 0 Å². The summed E-state index contributed by atoms with van der Waals surface area (Å²) in [6.07, 6.45) is 4.91. The van der Waals surface area contributed by atoms with E-state index in [-0.39, 0.29) is 30.4 Å². The molecular formula is C35H35N7O4. The molecule has 46 heavy (non-hydrogen) atoms. The Labute approximate surface area is 266 Å². The van der Waals surface area contributed by atoms with E-state index >= 15 is 0 Å².